The van der Waals surface area contributed by atoms with Gasteiger partial charge in [-0.15, -0.1) is 0 Å². The lowest BCUT2D eigenvalue weighted by Crippen LogP contribution is -2.29. The standard InChI is InChI=1S/C10H14N2O3/c13-10(14)8-7-15-9(11-8)6-12-4-2-1-3-5-12/h7H,1-6H2,(H,13,14). The minimum Gasteiger partial charge on any atom is -0.476 e. The molecule has 0 saturated carbocycles. The summed E-state index contributed by atoms with van der Waals surface area (Å²) in [7, 11) is 0. The number of piperidine rings is 1. The average Bonchev–Trinajstić information content (AvgIpc) is 2.68. The molecule has 1 aromatic rings. The van der Waals surface area contributed by atoms with E-state index in [-0.39, 0.29) is 5.69 Å². The Morgan fingerprint density at radius 1 is 1.47 bits per heavy atom. The molecule has 1 aromatic heterocycles. The largest absolute Gasteiger partial charge is 0.476 e. The summed E-state index contributed by atoms with van der Waals surface area (Å²) in [6, 6.07) is 0. The fraction of sp³-hybridized carbons (Fsp3) is 0.600. The third-order valence-electron chi connectivity index (χ3n) is 2.58. The van der Waals surface area contributed by atoms with E-state index in [4.69, 9.17) is 9.52 Å². The molecule has 1 aliphatic rings. The zero-order chi connectivity index (χ0) is 10.7. The zero-order valence-corrected chi connectivity index (χ0v) is 8.48. The summed E-state index contributed by atoms with van der Waals surface area (Å²) in [6.07, 6.45) is 4.88. The van der Waals surface area contributed by atoms with Gasteiger partial charge in [0, 0.05) is 0 Å². The van der Waals surface area contributed by atoms with Crippen molar-refractivity contribution in [3.8, 4) is 0 Å². The Labute approximate surface area is 87.7 Å². The first kappa shape index (κ1) is 10.2. The number of nitrogens with zero attached hydrogens (tertiary/aromatic N) is 2. The van der Waals surface area contributed by atoms with Gasteiger partial charge in [-0.2, -0.15) is 0 Å². The molecular formula is C10H14N2O3. The Kier molecular flexibility index (Phi) is 3.01. The summed E-state index contributed by atoms with van der Waals surface area (Å²) >= 11 is 0. The van der Waals surface area contributed by atoms with Crippen LogP contribution in [-0.2, 0) is 6.54 Å². The van der Waals surface area contributed by atoms with Gasteiger partial charge in [0.15, 0.2) is 5.69 Å². The molecule has 0 spiro atoms. The molecule has 0 aromatic carbocycles. The lowest BCUT2D eigenvalue weighted by atomic mass is 10.1. The van der Waals surface area contributed by atoms with Crippen molar-refractivity contribution in [2.45, 2.75) is 25.8 Å². The zero-order valence-electron chi connectivity index (χ0n) is 8.48. The van der Waals surface area contributed by atoms with Gasteiger partial charge < -0.3 is 9.52 Å². The fourth-order valence-electron chi connectivity index (χ4n) is 1.79. The number of oxazole rings is 1. The number of rotatable bonds is 3. The normalized spacial score (nSPS) is 17.9. The third kappa shape index (κ3) is 2.56. The molecule has 0 atom stereocenters. The van der Waals surface area contributed by atoms with E-state index in [0.717, 1.165) is 13.1 Å². The van der Waals surface area contributed by atoms with E-state index in [1.807, 2.05) is 0 Å². The summed E-state index contributed by atoms with van der Waals surface area (Å²) in [5.41, 5.74) is -0.0120. The van der Waals surface area contributed by atoms with Crippen LogP contribution in [0.5, 0.6) is 0 Å². The molecule has 2 rings (SSSR count). The van der Waals surface area contributed by atoms with Crippen LogP contribution in [0.2, 0.25) is 0 Å². The van der Waals surface area contributed by atoms with Gasteiger partial charge in [-0.05, 0) is 25.9 Å². The van der Waals surface area contributed by atoms with E-state index in [1.165, 1.54) is 25.5 Å². The van der Waals surface area contributed by atoms with E-state index in [0.29, 0.717) is 12.4 Å². The maximum absolute atomic E-state index is 10.6. The maximum atomic E-state index is 10.6. The van der Waals surface area contributed by atoms with Crippen molar-refractivity contribution < 1.29 is 14.3 Å². The average molecular weight is 210 g/mol. The molecule has 0 unspecified atom stereocenters. The molecule has 1 saturated heterocycles. The van der Waals surface area contributed by atoms with Gasteiger partial charge in [0.05, 0.1) is 6.54 Å². The third-order valence-corrected chi connectivity index (χ3v) is 2.58. The molecule has 0 amide bonds. The van der Waals surface area contributed by atoms with Gasteiger partial charge in [-0.3, -0.25) is 4.90 Å². The first-order valence-corrected chi connectivity index (χ1v) is 5.16. The Morgan fingerprint density at radius 3 is 2.80 bits per heavy atom. The predicted molar refractivity (Wildman–Crippen MR) is 52.6 cm³/mol. The Balaban J connectivity index is 1.94. The second kappa shape index (κ2) is 4.44. The predicted octanol–water partition coefficient (Wildman–Crippen LogP) is 1.36. The van der Waals surface area contributed by atoms with E-state index in [1.54, 1.807) is 0 Å². The van der Waals surface area contributed by atoms with Crippen molar-refractivity contribution in [3.05, 3.63) is 17.8 Å². The van der Waals surface area contributed by atoms with Crippen LogP contribution in [0.25, 0.3) is 0 Å². The van der Waals surface area contributed by atoms with Gasteiger partial charge in [0.2, 0.25) is 5.89 Å². The first-order chi connectivity index (χ1) is 7.25. The molecule has 0 aliphatic carbocycles. The van der Waals surface area contributed by atoms with Gasteiger partial charge >= 0.3 is 5.97 Å². The highest BCUT2D eigenvalue weighted by atomic mass is 16.4. The van der Waals surface area contributed by atoms with Crippen molar-refractivity contribution in [2.24, 2.45) is 0 Å². The number of carbonyl (C=O) groups is 1. The van der Waals surface area contributed by atoms with Crippen LogP contribution < -0.4 is 0 Å². The topological polar surface area (TPSA) is 66.6 Å². The maximum Gasteiger partial charge on any atom is 0.357 e. The highest BCUT2D eigenvalue weighted by Gasteiger charge is 2.15. The van der Waals surface area contributed by atoms with E-state index < -0.39 is 5.97 Å². The molecule has 1 N–H and O–H groups in total. The van der Waals surface area contributed by atoms with Gasteiger partial charge in [-0.1, -0.05) is 6.42 Å². The Bertz CT molecular complexity index is 342. The van der Waals surface area contributed by atoms with Crippen molar-refractivity contribution in [1.29, 1.82) is 0 Å². The number of hydrogen-bond donors (Lipinski definition) is 1. The number of aromatic nitrogens is 1. The van der Waals surface area contributed by atoms with Crippen LogP contribution >= 0.6 is 0 Å². The van der Waals surface area contributed by atoms with E-state index in [2.05, 4.69) is 9.88 Å². The molecule has 82 valence electrons. The SMILES string of the molecule is O=C(O)c1coc(CN2CCCCC2)n1. The van der Waals surface area contributed by atoms with Gasteiger partial charge in [-0.25, -0.2) is 9.78 Å². The highest BCUT2D eigenvalue weighted by molar-refractivity contribution is 5.84. The minimum atomic E-state index is -1.04. The molecule has 0 radical (unpaired) electrons. The first-order valence-electron chi connectivity index (χ1n) is 5.16. The number of hydrogen-bond acceptors (Lipinski definition) is 4. The molecule has 15 heavy (non-hydrogen) atoms. The van der Waals surface area contributed by atoms with Crippen LogP contribution in [0.15, 0.2) is 10.7 Å². The summed E-state index contributed by atoms with van der Waals surface area (Å²) in [6.45, 7) is 2.71. The van der Waals surface area contributed by atoms with Crippen LogP contribution in [0.1, 0.15) is 35.6 Å². The van der Waals surface area contributed by atoms with Crippen molar-refractivity contribution in [2.75, 3.05) is 13.1 Å². The smallest absolute Gasteiger partial charge is 0.357 e. The Morgan fingerprint density at radius 2 is 2.20 bits per heavy atom. The second-order valence-electron chi connectivity index (χ2n) is 3.77. The molecular weight excluding hydrogens is 196 g/mol. The van der Waals surface area contributed by atoms with Crippen molar-refractivity contribution in [3.63, 3.8) is 0 Å². The molecule has 5 heteroatoms. The van der Waals surface area contributed by atoms with E-state index in [9.17, 15) is 4.79 Å². The lowest BCUT2D eigenvalue weighted by molar-refractivity contribution is 0.0690. The highest BCUT2D eigenvalue weighted by Crippen LogP contribution is 2.12. The lowest BCUT2D eigenvalue weighted by Gasteiger charge is -2.24. The van der Waals surface area contributed by atoms with Gasteiger partial charge in [0.1, 0.15) is 6.26 Å². The van der Waals surface area contributed by atoms with Crippen molar-refractivity contribution >= 4 is 5.97 Å². The monoisotopic (exact) mass is 210 g/mol. The Hall–Kier alpha value is -1.36. The molecule has 0 bridgehead atoms. The minimum absolute atomic E-state index is 0.0120. The quantitative estimate of drug-likeness (QED) is 0.815. The molecule has 5 nitrogen and oxygen atoms in total. The number of carboxylic acids is 1. The molecule has 1 fully saturated rings. The van der Waals surface area contributed by atoms with Crippen molar-refractivity contribution in [1.82, 2.24) is 9.88 Å². The van der Waals surface area contributed by atoms with Crippen LogP contribution in [0.3, 0.4) is 0 Å². The van der Waals surface area contributed by atoms with Crippen LogP contribution in [-0.4, -0.2) is 34.0 Å². The summed E-state index contributed by atoms with van der Waals surface area (Å²) in [5, 5.41) is 8.67. The van der Waals surface area contributed by atoms with E-state index >= 15 is 0 Å². The number of aromatic carboxylic acids is 1. The van der Waals surface area contributed by atoms with Crippen LogP contribution in [0, 0.1) is 0 Å². The number of likely N-dealkylation sites (tertiary alicyclic amines) is 1. The second-order valence-corrected chi connectivity index (χ2v) is 3.77. The summed E-state index contributed by atoms with van der Waals surface area (Å²) < 4.78 is 5.10. The summed E-state index contributed by atoms with van der Waals surface area (Å²) in [4.78, 5) is 16.7. The van der Waals surface area contributed by atoms with Crippen LogP contribution in [0.4, 0.5) is 0 Å². The molecule has 1 aliphatic heterocycles. The fourth-order valence-corrected chi connectivity index (χ4v) is 1.79. The number of carboxylic acid groups (broad SMARTS) is 1. The molecule has 2 heterocycles. The summed E-state index contributed by atoms with van der Waals surface area (Å²) in [5.74, 6) is -0.544. The van der Waals surface area contributed by atoms with Gasteiger partial charge in [0.25, 0.3) is 0 Å².